The van der Waals surface area contributed by atoms with E-state index in [-0.39, 0.29) is 48.3 Å². The van der Waals surface area contributed by atoms with E-state index in [1.807, 2.05) is 0 Å². The smallest absolute Gasteiger partial charge is 0.358 e. The molecular formula is C4H12V. The second kappa shape index (κ2) is 172. The van der Waals surface area contributed by atoms with Gasteiger partial charge in [0, 0.05) is 0 Å². The quantitative estimate of drug-likeness (QED) is 0.418. The van der Waals surface area contributed by atoms with Crippen LogP contribution in [-0.2, 0) is 18.6 Å². The van der Waals surface area contributed by atoms with Crippen molar-refractivity contribution < 1.29 is 18.6 Å². The SMILES string of the molecule is [CH3-].[CH3-].[CH3-].[CH3-].[V+4]. The van der Waals surface area contributed by atoms with Crippen LogP contribution >= 0.6 is 0 Å². The van der Waals surface area contributed by atoms with Crippen molar-refractivity contribution in [1.82, 2.24) is 0 Å². The normalized spacial score (nSPS) is 0. The Hall–Kier alpha value is 0.584. The Morgan fingerprint density at radius 1 is 0.400 bits per heavy atom. The van der Waals surface area contributed by atoms with Gasteiger partial charge in [-0.25, -0.2) is 0 Å². The van der Waals surface area contributed by atoms with Crippen molar-refractivity contribution in [2.45, 2.75) is 0 Å². The monoisotopic (exact) mass is 111 g/mol. The molecule has 0 aliphatic heterocycles. The minimum atomic E-state index is 0. The number of hydrogen-bond donors (Lipinski definition) is 0. The molecule has 0 aromatic rings. The van der Waals surface area contributed by atoms with Crippen LogP contribution in [0.15, 0.2) is 0 Å². The molecule has 0 amide bonds. The molecule has 0 nitrogen and oxygen atoms in total. The molecule has 5 heavy (non-hydrogen) atoms. The van der Waals surface area contributed by atoms with Crippen LogP contribution in [0.4, 0.5) is 0 Å². The van der Waals surface area contributed by atoms with Crippen molar-refractivity contribution >= 4 is 0 Å². The summed E-state index contributed by atoms with van der Waals surface area (Å²) in [4.78, 5) is 0. The van der Waals surface area contributed by atoms with Crippen molar-refractivity contribution in [3.63, 3.8) is 0 Å². The zero-order valence-electron chi connectivity index (χ0n) is 4.45. The van der Waals surface area contributed by atoms with E-state index in [1.54, 1.807) is 0 Å². The summed E-state index contributed by atoms with van der Waals surface area (Å²) in [7, 11) is 0. The van der Waals surface area contributed by atoms with E-state index >= 15 is 0 Å². The fraction of sp³-hybridized carbons (Fsp3) is 0. The van der Waals surface area contributed by atoms with Gasteiger partial charge in [-0.05, 0) is 0 Å². The van der Waals surface area contributed by atoms with Crippen LogP contribution < -0.4 is 0 Å². The molecule has 0 atom stereocenters. The zero-order chi connectivity index (χ0) is 0. The molecule has 33 valence electrons. The molecule has 0 spiro atoms. The van der Waals surface area contributed by atoms with Crippen molar-refractivity contribution in [3.8, 4) is 0 Å². The van der Waals surface area contributed by atoms with Crippen molar-refractivity contribution in [3.05, 3.63) is 29.7 Å². The van der Waals surface area contributed by atoms with Gasteiger partial charge in [-0.15, -0.1) is 0 Å². The van der Waals surface area contributed by atoms with E-state index < -0.39 is 0 Å². The molecule has 0 fully saturated rings. The minimum Gasteiger partial charge on any atom is -0.358 e. The van der Waals surface area contributed by atoms with Gasteiger partial charge in [0.1, 0.15) is 0 Å². The Bertz CT molecular complexity index is 3.61. The third-order valence-electron chi connectivity index (χ3n) is 0. The molecule has 0 aliphatic rings. The first kappa shape index (κ1) is 344. The van der Waals surface area contributed by atoms with Crippen LogP contribution in [0.5, 0.6) is 0 Å². The predicted molar refractivity (Wildman–Crippen MR) is 25.7 cm³/mol. The molecule has 0 saturated carbocycles. The molecule has 0 unspecified atom stereocenters. The van der Waals surface area contributed by atoms with Crippen LogP contribution in [0.25, 0.3) is 0 Å². The Labute approximate surface area is 48.9 Å². The van der Waals surface area contributed by atoms with Gasteiger partial charge in [0.05, 0.1) is 0 Å². The van der Waals surface area contributed by atoms with Crippen molar-refractivity contribution in [1.29, 1.82) is 0 Å². The van der Waals surface area contributed by atoms with Gasteiger partial charge in [-0.1, -0.05) is 0 Å². The largest absolute Gasteiger partial charge is 4.00 e. The zero-order valence-corrected chi connectivity index (χ0v) is 5.84. The van der Waals surface area contributed by atoms with Crippen LogP contribution in [0.3, 0.4) is 0 Å². The second-order valence-electron chi connectivity index (χ2n) is 0. The minimum absolute atomic E-state index is 0. The molecule has 0 aromatic carbocycles. The topological polar surface area (TPSA) is 0 Å². The molecule has 0 saturated heterocycles. The van der Waals surface area contributed by atoms with E-state index in [4.69, 9.17) is 0 Å². The second-order valence-corrected chi connectivity index (χ2v) is 0. The van der Waals surface area contributed by atoms with Gasteiger partial charge in [-0.2, -0.15) is 0 Å². The summed E-state index contributed by atoms with van der Waals surface area (Å²) < 4.78 is 0. The van der Waals surface area contributed by atoms with Gasteiger partial charge in [0.2, 0.25) is 0 Å². The molecular weight excluding hydrogens is 99.0 g/mol. The van der Waals surface area contributed by atoms with E-state index in [2.05, 4.69) is 0 Å². The maximum atomic E-state index is 0. The molecule has 0 heterocycles. The maximum absolute atomic E-state index is 0. The third-order valence-corrected chi connectivity index (χ3v) is 0. The summed E-state index contributed by atoms with van der Waals surface area (Å²) in [6.07, 6.45) is 0. The molecule has 0 rings (SSSR count). The first-order valence-corrected chi connectivity index (χ1v) is 0. The summed E-state index contributed by atoms with van der Waals surface area (Å²) in [6.45, 7) is 0. The first-order chi connectivity index (χ1) is 0. The van der Waals surface area contributed by atoms with E-state index in [0.29, 0.717) is 0 Å². The summed E-state index contributed by atoms with van der Waals surface area (Å²) in [5.74, 6) is 0. The fourth-order valence-electron chi connectivity index (χ4n) is 0. The van der Waals surface area contributed by atoms with Gasteiger partial charge in [0.25, 0.3) is 0 Å². The number of hydrogen-bond acceptors (Lipinski definition) is 0. The third kappa shape index (κ3) is 89.7. The first-order valence-electron chi connectivity index (χ1n) is 0. The Kier molecular flexibility index (Phi) is 11900. The standard InChI is InChI=1S/4CH3.V/h4*1H3;/q4*-1;+4. The van der Waals surface area contributed by atoms with Gasteiger partial charge < -0.3 is 29.7 Å². The molecule has 0 N–H and O–H groups in total. The number of rotatable bonds is 0. The van der Waals surface area contributed by atoms with E-state index in [1.165, 1.54) is 0 Å². The average molecular weight is 111 g/mol. The van der Waals surface area contributed by atoms with Crippen LogP contribution in [0.1, 0.15) is 0 Å². The summed E-state index contributed by atoms with van der Waals surface area (Å²) in [6, 6.07) is 0. The molecule has 0 aliphatic carbocycles. The molecule has 0 bridgehead atoms. The predicted octanol–water partition coefficient (Wildman–Crippen LogP) is 1.80. The van der Waals surface area contributed by atoms with Gasteiger partial charge in [-0.3, -0.25) is 0 Å². The Morgan fingerprint density at radius 2 is 0.400 bits per heavy atom. The van der Waals surface area contributed by atoms with E-state index in [9.17, 15) is 0 Å². The van der Waals surface area contributed by atoms with Crippen LogP contribution in [0, 0.1) is 29.7 Å². The summed E-state index contributed by atoms with van der Waals surface area (Å²) in [5.41, 5.74) is 0. The molecule has 1 heteroatoms. The van der Waals surface area contributed by atoms with Crippen molar-refractivity contribution in [2.24, 2.45) is 0 Å². The summed E-state index contributed by atoms with van der Waals surface area (Å²) in [5, 5.41) is 0. The Morgan fingerprint density at radius 3 is 0.400 bits per heavy atom. The van der Waals surface area contributed by atoms with Crippen LogP contribution in [0.2, 0.25) is 0 Å². The molecule has 0 aromatic heterocycles. The Balaban J connectivity index is 0. The van der Waals surface area contributed by atoms with Gasteiger partial charge >= 0.3 is 18.6 Å². The van der Waals surface area contributed by atoms with Gasteiger partial charge in [0.15, 0.2) is 0 Å². The summed E-state index contributed by atoms with van der Waals surface area (Å²) >= 11 is 0. The molecule has 1 radical (unpaired) electrons. The van der Waals surface area contributed by atoms with Crippen molar-refractivity contribution in [2.75, 3.05) is 0 Å². The maximum Gasteiger partial charge on any atom is 4.00 e. The fourth-order valence-corrected chi connectivity index (χ4v) is 0. The average Bonchev–Trinajstić information content (AvgIpc) is 0. The van der Waals surface area contributed by atoms with Crippen LogP contribution in [-0.4, -0.2) is 0 Å². The van der Waals surface area contributed by atoms with E-state index in [0.717, 1.165) is 0 Å².